The fourth-order valence-electron chi connectivity index (χ4n) is 1.56. The molecule has 3 N–H and O–H groups in total. The number of hydrogen-bond acceptors (Lipinski definition) is 3. The lowest BCUT2D eigenvalue weighted by Gasteiger charge is -2.04. The average molecular weight is 231 g/mol. The molecule has 2 aromatic rings. The molecule has 2 rings (SSSR count). The summed E-state index contributed by atoms with van der Waals surface area (Å²) in [6, 6.07) is 9.88. The van der Waals surface area contributed by atoms with Crippen LogP contribution < -0.4 is 10.5 Å². The summed E-state index contributed by atoms with van der Waals surface area (Å²) >= 11 is 0. The Kier molecular flexibility index (Phi) is 3.77. The van der Waals surface area contributed by atoms with Crippen LogP contribution in [0.3, 0.4) is 0 Å². The summed E-state index contributed by atoms with van der Waals surface area (Å²) in [6.07, 6.45) is 1.01. The summed E-state index contributed by atoms with van der Waals surface area (Å²) in [5.41, 5.74) is 8.44. The number of nitrogens with one attached hydrogen (secondary N) is 1. The van der Waals surface area contributed by atoms with Crippen molar-refractivity contribution in [1.82, 2.24) is 10.2 Å². The standard InChI is InChI=1S/C13H17N3O/c1-2-7-17-12-5-3-10(4-6-12)13-8-11(9-14)15-16-13/h3-6,8H,2,7,9,14H2,1H3,(H,15,16). The van der Waals surface area contributed by atoms with Crippen LogP contribution in [0.1, 0.15) is 19.0 Å². The van der Waals surface area contributed by atoms with Crippen molar-refractivity contribution in [3.63, 3.8) is 0 Å². The van der Waals surface area contributed by atoms with Gasteiger partial charge in [0, 0.05) is 17.8 Å². The number of ether oxygens (including phenoxy) is 1. The van der Waals surface area contributed by atoms with E-state index in [1.54, 1.807) is 0 Å². The van der Waals surface area contributed by atoms with Crippen molar-refractivity contribution >= 4 is 0 Å². The van der Waals surface area contributed by atoms with Gasteiger partial charge in [-0.1, -0.05) is 6.92 Å². The molecule has 4 heteroatoms. The molecule has 17 heavy (non-hydrogen) atoms. The summed E-state index contributed by atoms with van der Waals surface area (Å²) in [5, 5.41) is 7.10. The number of aromatic amines is 1. The number of hydrogen-bond donors (Lipinski definition) is 2. The average Bonchev–Trinajstić information content (AvgIpc) is 2.86. The molecule has 4 nitrogen and oxygen atoms in total. The first kappa shape index (κ1) is 11.7. The van der Waals surface area contributed by atoms with E-state index in [1.807, 2.05) is 30.3 Å². The van der Waals surface area contributed by atoms with Crippen LogP contribution in [0, 0.1) is 0 Å². The Morgan fingerprint density at radius 1 is 1.29 bits per heavy atom. The van der Waals surface area contributed by atoms with Gasteiger partial charge >= 0.3 is 0 Å². The molecule has 1 aromatic heterocycles. The van der Waals surface area contributed by atoms with Crippen molar-refractivity contribution in [3.05, 3.63) is 36.0 Å². The van der Waals surface area contributed by atoms with Crippen molar-refractivity contribution in [2.24, 2.45) is 5.73 Å². The predicted molar refractivity (Wildman–Crippen MR) is 67.7 cm³/mol. The number of benzene rings is 1. The van der Waals surface area contributed by atoms with E-state index in [0.29, 0.717) is 6.54 Å². The molecule has 0 bridgehead atoms. The largest absolute Gasteiger partial charge is 0.494 e. The Morgan fingerprint density at radius 3 is 2.65 bits per heavy atom. The van der Waals surface area contributed by atoms with Crippen LogP contribution in [-0.4, -0.2) is 16.8 Å². The maximum Gasteiger partial charge on any atom is 0.119 e. The zero-order valence-electron chi connectivity index (χ0n) is 9.94. The number of nitrogens with two attached hydrogens (primary N) is 1. The molecule has 0 fully saturated rings. The van der Waals surface area contributed by atoms with Crippen LogP contribution in [0.2, 0.25) is 0 Å². The summed E-state index contributed by atoms with van der Waals surface area (Å²) in [7, 11) is 0. The molecule has 0 radical (unpaired) electrons. The minimum atomic E-state index is 0.477. The molecule has 0 atom stereocenters. The Bertz CT molecular complexity index is 462. The Hall–Kier alpha value is -1.81. The highest BCUT2D eigenvalue weighted by Gasteiger charge is 2.03. The maximum atomic E-state index is 5.53. The third-order valence-electron chi connectivity index (χ3n) is 2.47. The number of rotatable bonds is 5. The number of H-pyrrole nitrogens is 1. The number of aromatic nitrogens is 2. The van der Waals surface area contributed by atoms with Crippen LogP contribution in [0.25, 0.3) is 11.3 Å². The first-order valence-electron chi connectivity index (χ1n) is 5.81. The minimum absolute atomic E-state index is 0.477. The topological polar surface area (TPSA) is 63.9 Å². The van der Waals surface area contributed by atoms with E-state index in [4.69, 9.17) is 10.5 Å². The van der Waals surface area contributed by atoms with E-state index >= 15 is 0 Å². The van der Waals surface area contributed by atoms with Crippen LogP contribution in [0.15, 0.2) is 30.3 Å². The van der Waals surface area contributed by atoms with E-state index in [1.165, 1.54) is 0 Å². The molecule has 1 aromatic carbocycles. The zero-order valence-corrected chi connectivity index (χ0v) is 9.94. The fourth-order valence-corrected chi connectivity index (χ4v) is 1.56. The van der Waals surface area contributed by atoms with Gasteiger partial charge in [0.05, 0.1) is 12.3 Å². The van der Waals surface area contributed by atoms with Crippen LogP contribution >= 0.6 is 0 Å². The summed E-state index contributed by atoms with van der Waals surface area (Å²) < 4.78 is 5.52. The van der Waals surface area contributed by atoms with Crippen molar-refractivity contribution in [3.8, 4) is 17.0 Å². The molecule has 0 saturated carbocycles. The van der Waals surface area contributed by atoms with Crippen LogP contribution in [0.4, 0.5) is 0 Å². The molecule has 0 unspecified atom stereocenters. The first-order valence-corrected chi connectivity index (χ1v) is 5.81. The molecular weight excluding hydrogens is 214 g/mol. The minimum Gasteiger partial charge on any atom is -0.494 e. The van der Waals surface area contributed by atoms with Gasteiger partial charge in [-0.15, -0.1) is 0 Å². The van der Waals surface area contributed by atoms with Gasteiger partial charge in [-0.3, -0.25) is 5.10 Å². The molecule has 0 spiro atoms. The molecule has 0 aliphatic carbocycles. The normalized spacial score (nSPS) is 10.5. The number of nitrogens with zero attached hydrogens (tertiary/aromatic N) is 1. The van der Waals surface area contributed by atoms with Gasteiger partial charge < -0.3 is 10.5 Å². The summed E-state index contributed by atoms with van der Waals surface area (Å²) in [5.74, 6) is 0.894. The zero-order chi connectivity index (χ0) is 12.1. The van der Waals surface area contributed by atoms with Gasteiger partial charge in [0.1, 0.15) is 5.75 Å². The lowest BCUT2D eigenvalue weighted by atomic mass is 10.1. The van der Waals surface area contributed by atoms with Crippen molar-refractivity contribution < 1.29 is 4.74 Å². The van der Waals surface area contributed by atoms with Gasteiger partial charge in [-0.2, -0.15) is 5.10 Å². The first-order chi connectivity index (χ1) is 8.33. The molecule has 0 amide bonds. The van der Waals surface area contributed by atoms with E-state index < -0.39 is 0 Å². The van der Waals surface area contributed by atoms with Crippen LogP contribution in [0.5, 0.6) is 5.75 Å². The van der Waals surface area contributed by atoms with E-state index in [9.17, 15) is 0 Å². The molecule has 0 aliphatic heterocycles. The summed E-state index contributed by atoms with van der Waals surface area (Å²) in [6.45, 7) is 3.32. The molecule has 90 valence electrons. The van der Waals surface area contributed by atoms with Gasteiger partial charge in [0.15, 0.2) is 0 Å². The lowest BCUT2D eigenvalue weighted by Crippen LogP contribution is -1.95. The maximum absolute atomic E-state index is 5.53. The van der Waals surface area contributed by atoms with Gasteiger partial charge in [0.2, 0.25) is 0 Å². The highest BCUT2D eigenvalue weighted by Crippen LogP contribution is 2.21. The highest BCUT2D eigenvalue weighted by atomic mass is 16.5. The van der Waals surface area contributed by atoms with Crippen molar-refractivity contribution in [1.29, 1.82) is 0 Å². The quantitative estimate of drug-likeness (QED) is 0.830. The second-order valence-electron chi connectivity index (χ2n) is 3.86. The predicted octanol–water partition coefficient (Wildman–Crippen LogP) is 2.32. The van der Waals surface area contributed by atoms with Gasteiger partial charge in [0.25, 0.3) is 0 Å². The Labute approximate surface area is 101 Å². The molecule has 0 saturated heterocycles. The van der Waals surface area contributed by atoms with Gasteiger partial charge in [-0.05, 0) is 36.8 Å². The molecular formula is C13H17N3O. The van der Waals surface area contributed by atoms with Crippen LogP contribution in [-0.2, 0) is 6.54 Å². The summed E-state index contributed by atoms with van der Waals surface area (Å²) in [4.78, 5) is 0. The van der Waals surface area contributed by atoms with Crippen molar-refractivity contribution in [2.45, 2.75) is 19.9 Å². The Balaban J connectivity index is 2.11. The third-order valence-corrected chi connectivity index (χ3v) is 2.47. The van der Waals surface area contributed by atoms with E-state index in [-0.39, 0.29) is 0 Å². The van der Waals surface area contributed by atoms with Gasteiger partial charge in [-0.25, -0.2) is 0 Å². The smallest absolute Gasteiger partial charge is 0.119 e. The molecule has 1 heterocycles. The van der Waals surface area contributed by atoms with E-state index in [2.05, 4.69) is 17.1 Å². The lowest BCUT2D eigenvalue weighted by molar-refractivity contribution is 0.317. The fraction of sp³-hybridized carbons (Fsp3) is 0.308. The SMILES string of the molecule is CCCOc1ccc(-c2cc(CN)[nH]n2)cc1. The second kappa shape index (κ2) is 5.50. The highest BCUT2D eigenvalue weighted by molar-refractivity contribution is 5.60. The second-order valence-corrected chi connectivity index (χ2v) is 3.86. The van der Waals surface area contributed by atoms with E-state index in [0.717, 1.165) is 35.7 Å². The third kappa shape index (κ3) is 2.85. The monoisotopic (exact) mass is 231 g/mol. The Morgan fingerprint density at radius 2 is 2.06 bits per heavy atom. The van der Waals surface area contributed by atoms with Crippen molar-refractivity contribution in [2.75, 3.05) is 6.61 Å². The molecule has 0 aliphatic rings.